The largest absolute Gasteiger partial charge is 0.858 e. The van der Waals surface area contributed by atoms with Crippen molar-refractivity contribution < 1.29 is 23.7 Å². The van der Waals surface area contributed by atoms with Crippen molar-refractivity contribution in [3.63, 3.8) is 0 Å². The average molecular weight is 497 g/mol. The van der Waals surface area contributed by atoms with Gasteiger partial charge >= 0.3 is 5.91 Å². The second kappa shape index (κ2) is 9.13. The predicted molar refractivity (Wildman–Crippen MR) is 135 cm³/mol. The van der Waals surface area contributed by atoms with E-state index in [0.717, 1.165) is 20.7 Å². The number of aryl methyl sites for hydroxylation is 2. The van der Waals surface area contributed by atoms with Crippen molar-refractivity contribution in [2.45, 2.75) is 33.6 Å². The smallest absolute Gasteiger partial charge is 0.331 e. The van der Waals surface area contributed by atoms with Crippen LogP contribution < -0.4 is 14.6 Å². The number of amides is 2. The molecule has 5 rings (SSSR count). The van der Waals surface area contributed by atoms with Gasteiger partial charge in [-0.2, -0.15) is 9.67 Å². The Kier molecular flexibility index (Phi) is 5.95. The fraction of sp³-hybridized carbons (Fsp3) is 0.172. The van der Waals surface area contributed by atoms with Gasteiger partial charge in [0.25, 0.3) is 11.6 Å². The summed E-state index contributed by atoms with van der Waals surface area (Å²) in [6, 6.07) is 16.0. The number of benzene rings is 2. The van der Waals surface area contributed by atoms with Crippen LogP contribution in [0.1, 0.15) is 42.1 Å². The Morgan fingerprint density at radius 3 is 2.00 bits per heavy atom. The third kappa shape index (κ3) is 4.10. The molecule has 7 nitrogen and oxygen atoms in total. The summed E-state index contributed by atoms with van der Waals surface area (Å²) in [4.78, 5) is 28.9. The van der Waals surface area contributed by atoms with Crippen LogP contribution in [0.25, 0.3) is 17.0 Å². The Hall–Kier alpha value is -4.59. The fourth-order valence-corrected chi connectivity index (χ4v) is 4.38. The summed E-state index contributed by atoms with van der Waals surface area (Å²) >= 11 is 0. The highest BCUT2D eigenvalue weighted by Crippen LogP contribution is 2.40. The number of imide groups is 1. The number of aromatic nitrogens is 3. The average Bonchev–Trinajstić information content (AvgIpc) is 3.34. The van der Waals surface area contributed by atoms with Gasteiger partial charge in [-0.15, -0.1) is 0 Å². The van der Waals surface area contributed by atoms with E-state index in [4.69, 9.17) is 0 Å². The van der Waals surface area contributed by atoms with Gasteiger partial charge in [0, 0.05) is 17.7 Å². The van der Waals surface area contributed by atoms with Gasteiger partial charge in [-0.1, -0.05) is 31.5 Å². The van der Waals surface area contributed by atoms with Crippen LogP contribution in [0.3, 0.4) is 0 Å². The van der Waals surface area contributed by atoms with Gasteiger partial charge in [0.1, 0.15) is 11.4 Å². The minimum absolute atomic E-state index is 0.0125. The molecule has 186 valence electrons. The molecule has 0 atom stereocenters. The number of nitrogens with zero attached hydrogens (tertiary/aromatic N) is 4. The minimum atomic E-state index is -0.602. The number of hydrogen-bond donors (Lipinski definition) is 0. The van der Waals surface area contributed by atoms with Gasteiger partial charge in [0.15, 0.2) is 12.4 Å². The van der Waals surface area contributed by atoms with E-state index >= 15 is 0 Å². The highest BCUT2D eigenvalue weighted by atomic mass is 19.1. The molecule has 2 aromatic heterocycles. The van der Waals surface area contributed by atoms with Crippen LogP contribution in [0.15, 0.2) is 73.1 Å². The quantitative estimate of drug-likeness (QED) is 0.308. The molecule has 0 saturated carbocycles. The van der Waals surface area contributed by atoms with Crippen LogP contribution in [0.4, 0.5) is 10.1 Å². The number of rotatable bonds is 5. The molecule has 0 bridgehead atoms. The molecule has 2 amide bonds. The van der Waals surface area contributed by atoms with Gasteiger partial charge < -0.3 is 5.11 Å². The zero-order valence-electron chi connectivity index (χ0n) is 20.9. The highest BCUT2D eigenvalue weighted by molar-refractivity contribution is 6.53. The summed E-state index contributed by atoms with van der Waals surface area (Å²) in [6.07, 6.45) is 3.39. The molecule has 0 N–H and O–H groups in total. The van der Waals surface area contributed by atoms with E-state index in [-0.39, 0.29) is 22.8 Å². The van der Waals surface area contributed by atoms with Crippen molar-refractivity contribution in [2.24, 2.45) is 0 Å². The maximum absolute atomic E-state index is 14.0. The Morgan fingerprint density at radius 2 is 1.41 bits per heavy atom. The van der Waals surface area contributed by atoms with Crippen molar-refractivity contribution in [1.29, 1.82) is 0 Å². The van der Waals surface area contributed by atoms with Crippen molar-refractivity contribution in [1.82, 2.24) is 9.78 Å². The molecule has 37 heavy (non-hydrogen) atoms. The standard InChI is InChI=1S/C29H25FN4O3/c1-17(2)25-23(28(36)34(31-25)22-11-7-20(30)8-12-22)24-26(32-15-13-19(4)14-16-32)29(37)33(27(24)35)21-9-5-18(3)6-10-21/h5-17H,1-4H3. The van der Waals surface area contributed by atoms with Crippen molar-refractivity contribution in [2.75, 3.05) is 4.90 Å². The Labute approximate surface area is 213 Å². The highest BCUT2D eigenvalue weighted by Gasteiger charge is 2.47. The third-order valence-electron chi connectivity index (χ3n) is 6.34. The first-order valence-electron chi connectivity index (χ1n) is 11.9. The lowest BCUT2D eigenvalue weighted by Crippen LogP contribution is -2.39. The number of halogens is 1. The topological polar surface area (TPSA) is 82.1 Å². The number of carbonyl (C=O) groups is 2. The van der Waals surface area contributed by atoms with E-state index in [9.17, 15) is 19.1 Å². The molecule has 1 aliphatic rings. The molecule has 2 aromatic carbocycles. The SMILES string of the molecule is Cc1ccc(N2C(=O)C(c3c(C(C)C)nn(-c4ccc(F)cc4)c3[O-])=C([n+]3ccc(C)cc3)C2=O)cc1. The number of pyridine rings is 1. The van der Waals surface area contributed by atoms with Gasteiger partial charge in [-0.3, -0.25) is 9.59 Å². The van der Waals surface area contributed by atoms with E-state index in [1.165, 1.54) is 24.3 Å². The number of anilines is 1. The maximum atomic E-state index is 14.0. The summed E-state index contributed by atoms with van der Waals surface area (Å²) in [5, 5.41) is 18.3. The number of carbonyl (C=O) groups excluding carboxylic acids is 2. The molecule has 0 radical (unpaired) electrons. The maximum Gasteiger partial charge on any atom is 0.331 e. The van der Waals surface area contributed by atoms with Crippen LogP contribution in [0.2, 0.25) is 0 Å². The molecular weight excluding hydrogens is 471 g/mol. The van der Waals surface area contributed by atoms with Crippen molar-refractivity contribution >= 4 is 28.8 Å². The molecule has 0 unspecified atom stereocenters. The van der Waals surface area contributed by atoms with Gasteiger partial charge in [-0.25, -0.2) is 14.0 Å². The lowest BCUT2D eigenvalue weighted by molar-refractivity contribution is -0.576. The van der Waals surface area contributed by atoms with E-state index in [1.807, 2.05) is 52.0 Å². The first kappa shape index (κ1) is 24.1. The molecule has 0 saturated heterocycles. The Balaban J connectivity index is 1.78. The van der Waals surface area contributed by atoms with Crippen LogP contribution in [0.5, 0.6) is 5.88 Å². The lowest BCUT2D eigenvalue weighted by Gasteiger charge is -2.16. The summed E-state index contributed by atoms with van der Waals surface area (Å²) in [5.41, 5.74) is 3.22. The van der Waals surface area contributed by atoms with Gasteiger partial charge in [0.05, 0.1) is 17.1 Å². The zero-order chi connectivity index (χ0) is 26.4. The lowest BCUT2D eigenvalue weighted by atomic mass is 9.98. The van der Waals surface area contributed by atoms with Crippen LogP contribution in [0, 0.1) is 19.7 Å². The van der Waals surface area contributed by atoms with E-state index in [0.29, 0.717) is 17.1 Å². The van der Waals surface area contributed by atoms with Crippen molar-refractivity contribution in [3.05, 3.63) is 101 Å². The summed E-state index contributed by atoms with van der Waals surface area (Å²) in [5.74, 6) is -2.38. The molecule has 0 spiro atoms. The number of hydrogen-bond acceptors (Lipinski definition) is 4. The molecule has 0 aliphatic carbocycles. The monoisotopic (exact) mass is 496 g/mol. The van der Waals surface area contributed by atoms with Gasteiger partial charge in [0.2, 0.25) is 0 Å². The minimum Gasteiger partial charge on any atom is -0.858 e. The van der Waals surface area contributed by atoms with E-state index < -0.39 is 23.5 Å². The molecule has 4 aromatic rings. The predicted octanol–water partition coefficient (Wildman–Crippen LogP) is 4.05. The summed E-state index contributed by atoms with van der Waals surface area (Å²) in [7, 11) is 0. The molecule has 1 aliphatic heterocycles. The Morgan fingerprint density at radius 1 is 0.838 bits per heavy atom. The third-order valence-corrected chi connectivity index (χ3v) is 6.34. The van der Waals surface area contributed by atoms with Crippen LogP contribution >= 0.6 is 0 Å². The van der Waals surface area contributed by atoms with Gasteiger partial charge in [-0.05, 0) is 67.6 Å². The van der Waals surface area contributed by atoms with Crippen LogP contribution in [-0.2, 0) is 9.59 Å². The zero-order valence-corrected chi connectivity index (χ0v) is 20.9. The molecule has 0 fully saturated rings. The normalized spacial score (nSPS) is 13.8. The first-order chi connectivity index (χ1) is 17.7. The van der Waals surface area contributed by atoms with Crippen molar-refractivity contribution in [3.8, 4) is 11.6 Å². The molecular formula is C29H25FN4O3. The van der Waals surface area contributed by atoms with E-state index in [2.05, 4.69) is 5.10 Å². The first-order valence-corrected chi connectivity index (χ1v) is 11.9. The molecule has 8 heteroatoms. The second-order valence-corrected chi connectivity index (χ2v) is 9.40. The fourth-order valence-electron chi connectivity index (χ4n) is 4.38. The summed E-state index contributed by atoms with van der Waals surface area (Å²) in [6.45, 7) is 7.55. The molecule has 3 heterocycles. The Bertz CT molecular complexity index is 1550. The van der Waals surface area contributed by atoms with Crippen LogP contribution in [-0.4, -0.2) is 21.6 Å². The second-order valence-electron chi connectivity index (χ2n) is 9.40. The van der Waals surface area contributed by atoms with E-state index in [1.54, 1.807) is 29.1 Å². The summed E-state index contributed by atoms with van der Waals surface area (Å²) < 4.78 is 16.3.